The molecule has 2 aromatic rings. The molecule has 0 unspecified atom stereocenters. The minimum Gasteiger partial charge on any atom is -0.345 e. The summed E-state index contributed by atoms with van der Waals surface area (Å²) in [6, 6.07) is 2.53. The number of carbonyl (C=O) groups is 1. The maximum atomic E-state index is 12.3. The van der Waals surface area contributed by atoms with E-state index in [1.54, 1.807) is 0 Å². The summed E-state index contributed by atoms with van der Waals surface area (Å²) in [5.41, 5.74) is -0.0794. The minimum atomic E-state index is -4.64. The first-order valence-corrected chi connectivity index (χ1v) is 5.71. The monoisotopic (exact) mass is 301 g/mol. The zero-order chi connectivity index (χ0) is 15.6. The Labute approximate surface area is 115 Å². The van der Waals surface area contributed by atoms with Crippen molar-refractivity contribution in [2.24, 2.45) is 7.05 Å². The van der Waals surface area contributed by atoms with Crippen LogP contribution in [0.25, 0.3) is 0 Å². The highest BCUT2D eigenvalue weighted by atomic mass is 19.4. The molecule has 10 heteroatoms. The molecule has 21 heavy (non-hydrogen) atoms. The van der Waals surface area contributed by atoms with Crippen LogP contribution in [-0.4, -0.2) is 25.7 Å². The summed E-state index contributed by atoms with van der Waals surface area (Å²) in [6.45, 7) is -0.245. The van der Waals surface area contributed by atoms with E-state index in [1.165, 1.54) is 29.9 Å². The van der Waals surface area contributed by atoms with Gasteiger partial charge in [-0.2, -0.15) is 13.2 Å². The third-order valence-electron chi connectivity index (χ3n) is 2.55. The van der Waals surface area contributed by atoms with Crippen LogP contribution in [0, 0.1) is 0 Å². The number of halogens is 3. The maximum Gasteiger partial charge on any atom is 0.453 e. The molecule has 0 saturated heterocycles. The molecule has 2 aromatic heterocycles. The van der Waals surface area contributed by atoms with Crippen molar-refractivity contribution in [3.05, 3.63) is 45.9 Å². The Morgan fingerprint density at radius 1 is 1.43 bits per heavy atom. The molecule has 2 rings (SSSR count). The van der Waals surface area contributed by atoms with Gasteiger partial charge in [0.05, 0.1) is 12.1 Å². The number of alkyl halides is 3. The molecule has 0 radical (unpaired) electrons. The number of aromatic nitrogens is 4. The summed E-state index contributed by atoms with van der Waals surface area (Å²) in [5, 5.41) is 7.47. The van der Waals surface area contributed by atoms with Crippen LogP contribution in [0.2, 0.25) is 0 Å². The van der Waals surface area contributed by atoms with Gasteiger partial charge < -0.3 is 9.88 Å². The summed E-state index contributed by atoms with van der Waals surface area (Å²) < 4.78 is 38.1. The zero-order valence-corrected chi connectivity index (χ0v) is 10.7. The van der Waals surface area contributed by atoms with Crippen LogP contribution >= 0.6 is 0 Å². The van der Waals surface area contributed by atoms with Crippen LogP contribution in [0.1, 0.15) is 22.0 Å². The number of pyridine rings is 1. The van der Waals surface area contributed by atoms with Crippen LogP contribution in [-0.2, 0) is 19.8 Å². The molecular formula is C11H10F3N5O2. The number of H-pyrrole nitrogens is 1. The summed E-state index contributed by atoms with van der Waals surface area (Å²) in [5.74, 6) is -1.97. The molecule has 2 heterocycles. The Balaban J connectivity index is 2.02. The predicted molar refractivity (Wildman–Crippen MR) is 64.2 cm³/mol. The van der Waals surface area contributed by atoms with Crippen molar-refractivity contribution in [3.8, 4) is 0 Å². The molecule has 0 fully saturated rings. The molecule has 7 nitrogen and oxygen atoms in total. The molecule has 0 bridgehead atoms. The smallest absolute Gasteiger partial charge is 0.345 e. The number of carbonyl (C=O) groups excluding carboxylic acids is 1. The lowest BCUT2D eigenvalue weighted by molar-refractivity contribution is -0.144. The highest BCUT2D eigenvalue weighted by Gasteiger charge is 2.35. The summed E-state index contributed by atoms with van der Waals surface area (Å²) >= 11 is 0. The van der Waals surface area contributed by atoms with Gasteiger partial charge in [0.1, 0.15) is 5.82 Å². The van der Waals surface area contributed by atoms with Crippen molar-refractivity contribution in [2.45, 2.75) is 12.7 Å². The first-order valence-electron chi connectivity index (χ1n) is 5.71. The lowest BCUT2D eigenvalue weighted by Crippen LogP contribution is -2.26. The largest absolute Gasteiger partial charge is 0.453 e. The van der Waals surface area contributed by atoms with E-state index in [2.05, 4.69) is 20.5 Å². The Kier molecular flexibility index (Phi) is 3.78. The minimum absolute atomic E-state index is 0.125. The lowest BCUT2D eigenvalue weighted by Gasteiger charge is -2.04. The van der Waals surface area contributed by atoms with Crippen LogP contribution in [0.5, 0.6) is 0 Å². The standard InChI is InChI=1S/C11H10F3N5O2/c1-19-5-6(2-3-8(19)20)9(21)15-4-7-16-10(18-17-7)11(12,13)14/h2-3,5H,4H2,1H3,(H,15,21)(H,16,17,18). The van der Waals surface area contributed by atoms with Gasteiger partial charge in [-0.05, 0) is 6.07 Å². The molecule has 0 saturated carbocycles. The van der Waals surface area contributed by atoms with E-state index in [-0.39, 0.29) is 23.5 Å². The molecule has 0 aliphatic heterocycles. The summed E-state index contributed by atoms with van der Waals surface area (Å²) in [4.78, 5) is 26.2. The van der Waals surface area contributed by atoms with E-state index in [9.17, 15) is 22.8 Å². The highest BCUT2D eigenvalue weighted by Crippen LogP contribution is 2.25. The van der Waals surface area contributed by atoms with Gasteiger partial charge in [-0.25, -0.2) is 4.98 Å². The number of aryl methyl sites for hydroxylation is 1. The van der Waals surface area contributed by atoms with Gasteiger partial charge in [0.15, 0.2) is 0 Å². The number of nitrogens with zero attached hydrogens (tertiary/aromatic N) is 3. The Hall–Kier alpha value is -2.65. The van der Waals surface area contributed by atoms with Crippen LogP contribution < -0.4 is 10.9 Å². The number of amides is 1. The second-order valence-electron chi connectivity index (χ2n) is 4.15. The van der Waals surface area contributed by atoms with Gasteiger partial charge in [0.2, 0.25) is 5.56 Å². The van der Waals surface area contributed by atoms with Crippen molar-refractivity contribution in [2.75, 3.05) is 0 Å². The number of rotatable bonds is 3. The van der Waals surface area contributed by atoms with Crippen molar-refractivity contribution in [3.63, 3.8) is 0 Å². The van der Waals surface area contributed by atoms with Gasteiger partial charge in [-0.15, -0.1) is 5.10 Å². The van der Waals surface area contributed by atoms with Crippen LogP contribution in [0.4, 0.5) is 13.2 Å². The zero-order valence-electron chi connectivity index (χ0n) is 10.7. The second kappa shape index (κ2) is 5.38. The van der Waals surface area contributed by atoms with Gasteiger partial charge in [-0.1, -0.05) is 0 Å². The normalized spacial score (nSPS) is 11.4. The van der Waals surface area contributed by atoms with Gasteiger partial charge >= 0.3 is 6.18 Å². The fourth-order valence-corrected chi connectivity index (χ4v) is 1.50. The van der Waals surface area contributed by atoms with Crippen molar-refractivity contribution < 1.29 is 18.0 Å². The van der Waals surface area contributed by atoms with E-state index >= 15 is 0 Å². The van der Waals surface area contributed by atoms with Gasteiger partial charge in [-0.3, -0.25) is 14.7 Å². The highest BCUT2D eigenvalue weighted by molar-refractivity contribution is 5.93. The summed E-state index contributed by atoms with van der Waals surface area (Å²) in [6.07, 6.45) is -3.32. The van der Waals surface area contributed by atoms with Gasteiger partial charge in [0.25, 0.3) is 11.7 Å². The van der Waals surface area contributed by atoms with Crippen molar-refractivity contribution >= 4 is 5.91 Å². The van der Waals surface area contributed by atoms with Crippen LogP contribution in [0.15, 0.2) is 23.1 Å². The molecule has 0 aromatic carbocycles. The number of hydrogen-bond donors (Lipinski definition) is 2. The molecule has 1 amide bonds. The SMILES string of the molecule is Cn1cc(C(=O)NCc2nc(C(F)(F)F)n[nH]2)ccc1=O. The quantitative estimate of drug-likeness (QED) is 0.861. The second-order valence-corrected chi connectivity index (χ2v) is 4.15. The lowest BCUT2D eigenvalue weighted by atomic mass is 10.2. The first-order chi connectivity index (χ1) is 9.77. The maximum absolute atomic E-state index is 12.3. The molecule has 0 spiro atoms. The third-order valence-corrected chi connectivity index (χ3v) is 2.55. The third kappa shape index (κ3) is 3.46. The Bertz CT molecular complexity index is 719. The number of nitrogens with one attached hydrogen (secondary N) is 2. The molecule has 0 atom stereocenters. The Morgan fingerprint density at radius 3 is 2.71 bits per heavy atom. The molecule has 0 aliphatic rings. The predicted octanol–water partition coefficient (Wildman–Crippen LogP) is 0.452. The number of aromatic amines is 1. The van der Waals surface area contributed by atoms with Crippen molar-refractivity contribution in [1.29, 1.82) is 0 Å². The Morgan fingerprint density at radius 2 is 2.14 bits per heavy atom. The molecule has 2 N–H and O–H groups in total. The van der Waals surface area contributed by atoms with E-state index < -0.39 is 17.9 Å². The fraction of sp³-hybridized carbons (Fsp3) is 0.273. The average Bonchev–Trinajstić information content (AvgIpc) is 2.88. The molecule has 112 valence electrons. The molecular weight excluding hydrogens is 291 g/mol. The fourth-order valence-electron chi connectivity index (χ4n) is 1.50. The van der Waals surface area contributed by atoms with Crippen molar-refractivity contribution in [1.82, 2.24) is 25.1 Å². The summed E-state index contributed by atoms with van der Waals surface area (Å²) in [7, 11) is 1.48. The topological polar surface area (TPSA) is 92.7 Å². The average molecular weight is 301 g/mol. The van der Waals surface area contributed by atoms with E-state index in [1.807, 2.05) is 0 Å². The van der Waals surface area contributed by atoms with E-state index in [0.717, 1.165) is 0 Å². The van der Waals surface area contributed by atoms with E-state index in [4.69, 9.17) is 0 Å². The van der Waals surface area contributed by atoms with Crippen LogP contribution in [0.3, 0.4) is 0 Å². The van der Waals surface area contributed by atoms with Gasteiger partial charge in [0, 0.05) is 19.3 Å². The first kappa shape index (κ1) is 14.8. The molecule has 0 aliphatic carbocycles. The number of hydrogen-bond acceptors (Lipinski definition) is 4. The van der Waals surface area contributed by atoms with E-state index in [0.29, 0.717) is 0 Å².